The second kappa shape index (κ2) is 20.3. The maximum Gasteiger partial charge on any atom is 0.198 e. The first-order valence-corrected chi connectivity index (χ1v) is 39.5. The van der Waals surface area contributed by atoms with Gasteiger partial charge in [-0.05, 0) is 234 Å². The molecule has 5 saturated heterocycles. The molecule has 18 aliphatic rings. The second-order valence-corrected chi connectivity index (χ2v) is 37.7. The number of guanidine groups is 2. The predicted molar refractivity (Wildman–Crippen MR) is 369 cm³/mol. The number of rotatable bonds is 3. The Bertz CT molecular complexity index is 3550. The Kier molecular flexibility index (Phi) is 12.7. The quantitative estimate of drug-likeness (QED) is 0.245. The van der Waals surface area contributed by atoms with Crippen LogP contribution in [0, 0.1) is 103 Å². The summed E-state index contributed by atoms with van der Waals surface area (Å²) in [5.74, 6) is 15.1. The summed E-state index contributed by atoms with van der Waals surface area (Å²) < 4.78 is 39.5. The fourth-order valence-corrected chi connectivity index (χ4v) is 30.4. The SMILES string of the molecule is Cc1cc(C)c(B2C3CC4C(CC3N3C5=NC6CC(F)C(F)CC6N5C5CCC6CCC7CC2C3C5C67)OC2C(c3ccc5c(B6C7CC(C(C)(C)C)CCC7N7C8=NC9CCC(C)C(C)C9N8C8CCC9CCC%10CC6C7C8C9%10)cccc5c3)CCCC42)c(C)c1. The van der Waals surface area contributed by atoms with Gasteiger partial charge in [-0.25, -0.2) is 18.8 Å². The first kappa shape index (κ1) is 57.5. The van der Waals surface area contributed by atoms with Gasteiger partial charge in [0.15, 0.2) is 25.3 Å². The monoisotopic (exact) mass is 1240 g/mol. The van der Waals surface area contributed by atoms with Gasteiger partial charge in [-0.15, -0.1) is 0 Å². The number of hydrogen-bond donors (Lipinski definition) is 0. The molecule has 488 valence electrons. The molecule has 0 radical (unpaired) electrons. The van der Waals surface area contributed by atoms with E-state index in [4.69, 9.17) is 14.7 Å². The van der Waals surface area contributed by atoms with Gasteiger partial charge in [0.25, 0.3) is 0 Å². The number of hydrogen-bond acceptors (Lipinski definition) is 7. The molecule has 32 unspecified atom stereocenters. The third-order valence-corrected chi connectivity index (χ3v) is 33.5. The van der Waals surface area contributed by atoms with Crippen molar-refractivity contribution in [2.45, 2.75) is 311 Å². The van der Waals surface area contributed by atoms with Gasteiger partial charge in [0.2, 0.25) is 0 Å². The number of benzene rings is 3. The third kappa shape index (κ3) is 7.74. The van der Waals surface area contributed by atoms with Gasteiger partial charge in [0, 0.05) is 66.8 Å². The number of nitrogens with zero attached hydrogens (tertiary/aromatic N) is 6. The van der Waals surface area contributed by atoms with Crippen LogP contribution in [0.4, 0.5) is 8.78 Å². The maximum atomic E-state index is 15.9. The molecule has 21 rings (SSSR count). The smallest absolute Gasteiger partial charge is 0.198 e. The summed E-state index contributed by atoms with van der Waals surface area (Å²) in [5.41, 5.74) is 9.62. The minimum Gasteiger partial charge on any atom is -0.374 e. The molecule has 7 nitrogen and oxygen atoms in total. The van der Waals surface area contributed by atoms with Crippen molar-refractivity contribution in [1.29, 1.82) is 0 Å². The van der Waals surface area contributed by atoms with Crippen LogP contribution in [-0.2, 0) is 4.74 Å². The number of ether oxygens (including phenoxy) is 1. The van der Waals surface area contributed by atoms with E-state index in [2.05, 4.69) is 124 Å². The fraction of sp³-hybridized carbons (Fsp3) is 0.778. The molecule has 11 heteroatoms. The molecule has 0 aromatic heterocycles. The molecule has 92 heavy (non-hydrogen) atoms. The molecule has 7 aliphatic heterocycles. The van der Waals surface area contributed by atoms with E-state index in [0.717, 1.165) is 59.7 Å². The molecule has 0 bridgehead atoms. The minimum absolute atomic E-state index is 0.0105. The summed E-state index contributed by atoms with van der Waals surface area (Å²) in [5, 5.41) is 3.03. The number of fused-ring (bicyclic) bond motifs is 18. The van der Waals surface area contributed by atoms with E-state index in [0.29, 0.717) is 126 Å². The average molecular weight is 1240 g/mol. The largest absolute Gasteiger partial charge is 0.374 e. The van der Waals surface area contributed by atoms with Crippen molar-refractivity contribution < 1.29 is 13.5 Å². The van der Waals surface area contributed by atoms with Crippen LogP contribution in [0.5, 0.6) is 0 Å². The molecule has 11 saturated carbocycles. The number of aryl methyl sites for hydroxylation is 3. The van der Waals surface area contributed by atoms with Gasteiger partial charge in [-0.2, -0.15) is 0 Å². The fourth-order valence-electron chi connectivity index (χ4n) is 30.4. The zero-order valence-electron chi connectivity index (χ0n) is 57.2. The van der Waals surface area contributed by atoms with Crippen molar-refractivity contribution in [2.75, 3.05) is 0 Å². The summed E-state index contributed by atoms with van der Waals surface area (Å²) in [6.45, 7) is 21.2. The highest BCUT2D eigenvalue weighted by Gasteiger charge is 2.72. The van der Waals surface area contributed by atoms with Crippen molar-refractivity contribution in [3.8, 4) is 0 Å². The number of alkyl halides is 2. The molecule has 0 N–H and O–H groups in total. The Hall–Kier alpha value is -3.59. The zero-order chi connectivity index (χ0) is 61.5. The Morgan fingerprint density at radius 1 is 0.522 bits per heavy atom. The van der Waals surface area contributed by atoms with E-state index in [1.165, 1.54) is 162 Å². The molecule has 3 aromatic carbocycles. The van der Waals surface area contributed by atoms with Crippen LogP contribution >= 0.6 is 0 Å². The molecular weight excluding hydrogens is 1130 g/mol. The number of halogens is 2. The number of aliphatic imine (C=N–C) groups is 2. The first-order chi connectivity index (χ1) is 44.6. The van der Waals surface area contributed by atoms with Crippen LogP contribution < -0.4 is 10.9 Å². The Balaban J connectivity index is 0.642. The van der Waals surface area contributed by atoms with Crippen molar-refractivity contribution in [3.05, 3.63) is 70.8 Å². The Morgan fingerprint density at radius 2 is 1.16 bits per heavy atom. The van der Waals surface area contributed by atoms with E-state index in [1.807, 2.05) is 0 Å². The van der Waals surface area contributed by atoms with Crippen LogP contribution in [0.1, 0.15) is 204 Å². The summed E-state index contributed by atoms with van der Waals surface area (Å²) in [6, 6.07) is 24.7. The normalized spacial score (nSPS) is 50.2. The average Bonchev–Trinajstić information content (AvgIpc) is 1.37. The molecule has 7 heterocycles. The first-order valence-electron chi connectivity index (χ1n) is 39.5. The molecule has 32 atom stereocenters. The van der Waals surface area contributed by atoms with E-state index in [-0.39, 0.29) is 30.7 Å². The summed E-state index contributed by atoms with van der Waals surface area (Å²) in [7, 11) is 0. The lowest BCUT2D eigenvalue weighted by Crippen LogP contribution is -2.77. The topological polar surface area (TPSA) is 46.9 Å². The van der Waals surface area contributed by atoms with E-state index < -0.39 is 12.3 Å². The predicted octanol–water partition coefficient (Wildman–Crippen LogP) is 15.4. The van der Waals surface area contributed by atoms with Crippen molar-refractivity contribution in [2.24, 2.45) is 92.3 Å². The molecule has 3 aromatic rings. The van der Waals surface area contributed by atoms with Gasteiger partial charge in [-0.3, -0.25) is 0 Å². The summed E-state index contributed by atoms with van der Waals surface area (Å²) >= 11 is 0. The molecular formula is C81H108B2F2N6O. The van der Waals surface area contributed by atoms with Gasteiger partial charge >= 0.3 is 0 Å². The Labute approximate surface area is 551 Å². The summed E-state index contributed by atoms with van der Waals surface area (Å²) in [6.07, 6.45) is 24.7. The van der Waals surface area contributed by atoms with Crippen molar-refractivity contribution >= 4 is 47.0 Å². The van der Waals surface area contributed by atoms with Crippen molar-refractivity contribution in [1.82, 2.24) is 19.6 Å². The maximum absolute atomic E-state index is 15.9. The highest BCUT2D eigenvalue weighted by molar-refractivity contribution is 6.79. The lowest BCUT2D eigenvalue weighted by Gasteiger charge is -2.69. The third-order valence-electron chi connectivity index (χ3n) is 33.5. The lowest BCUT2D eigenvalue weighted by atomic mass is 9.22. The second-order valence-electron chi connectivity index (χ2n) is 37.7. The summed E-state index contributed by atoms with van der Waals surface area (Å²) in [4.78, 5) is 23.9. The lowest BCUT2D eigenvalue weighted by molar-refractivity contribution is -0.0936. The molecule has 16 fully saturated rings. The van der Waals surface area contributed by atoms with Gasteiger partial charge in [-0.1, -0.05) is 136 Å². The van der Waals surface area contributed by atoms with Crippen LogP contribution in [0.3, 0.4) is 0 Å². The zero-order valence-corrected chi connectivity index (χ0v) is 57.2. The van der Waals surface area contributed by atoms with E-state index in [9.17, 15) is 0 Å². The van der Waals surface area contributed by atoms with Crippen LogP contribution in [-0.4, -0.2) is 130 Å². The van der Waals surface area contributed by atoms with Gasteiger partial charge in [0.05, 0.1) is 36.4 Å². The van der Waals surface area contributed by atoms with E-state index >= 15 is 8.78 Å². The molecule has 0 spiro atoms. The van der Waals surface area contributed by atoms with Crippen LogP contribution in [0.15, 0.2) is 58.5 Å². The van der Waals surface area contributed by atoms with Gasteiger partial charge < -0.3 is 24.3 Å². The van der Waals surface area contributed by atoms with Crippen LogP contribution in [0.25, 0.3) is 10.8 Å². The molecule has 11 aliphatic carbocycles. The standard InChI is InChI=1S/C81H108B2F2N6O/c1-39-29-41(3)74(42(4)30-39)83-57-35-54-53-13-10-12-52(78(53)92-69(54)38-67(57)91-77-59(83)33-49-19-17-44-21-26-65(72(77)70(44)49)88-68-37-61(85)60(84)36-63(68)87-79(88)91)47-20-24-51-46(31-47)11-9-14-55(51)82-56-34-50(81(6,7)8)23-28-64(56)89-76-58(82)32-48-18-16-45-22-27-66(73(76)71(45)48)90-75-43(5)40(2)15-25-62(75)86-80(89)90/h9,11,14,20,24,29-31,40,43-45,48-50,52-54,56-73,75-78H,10,12-13,15-19,21-23,25-28,32-38H2,1-8H3. The van der Waals surface area contributed by atoms with Crippen molar-refractivity contribution in [3.63, 3.8) is 0 Å². The highest BCUT2D eigenvalue weighted by atomic mass is 19.2. The minimum atomic E-state index is -1.41. The Morgan fingerprint density at radius 3 is 1.91 bits per heavy atom. The van der Waals surface area contributed by atoms with E-state index in [1.54, 1.807) is 16.3 Å². The van der Waals surface area contributed by atoms with Crippen LogP contribution in [0.2, 0.25) is 23.3 Å². The highest BCUT2D eigenvalue weighted by Crippen LogP contribution is 2.70. The molecule has 0 amide bonds. The van der Waals surface area contributed by atoms with Gasteiger partial charge in [0.1, 0.15) is 12.3 Å².